The third kappa shape index (κ3) is 3.69. The van der Waals surface area contributed by atoms with Crippen LogP contribution in [0.15, 0.2) is 23.6 Å². The number of carbonyl (C=O) groups excluding carboxylic acids is 1. The van der Waals surface area contributed by atoms with Crippen molar-refractivity contribution in [2.75, 3.05) is 0 Å². The van der Waals surface area contributed by atoms with Gasteiger partial charge in [-0.2, -0.15) is 0 Å². The average Bonchev–Trinajstić information content (AvgIpc) is 2.38. The van der Waals surface area contributed by atoms with Crippen molar-refractivity contribution in [1.82, 2.24) is 10.3 Å². The van der Waals surface area contributed by atoms with Gasteiger partial charge in [0.2, 0.25) is 0 Å². The zero-order valence-corrected chi connectivity index (χ0v) is 9.93. The third-order valence-corrected chi connectivity index (χ3v) is 2.43. The summed E-state index contributed by atoms with van der Waals surface area (Å²) in [6.07, 6.45) is 3.09. The van der Waals surface area contributed by atoms with E-state index in [1.807, 2.05) is 6.92 Å². The van der Waals surface area contributed by atoms with Crippen LogP contribution in [0.2, 0.25) is 0 Å². The zero-order valence-electron chi connectivity index (χ0n) is 9.93. The summed E-state index contributed by atoms with van der Waals surface area (Å²) in [4.78, 5) is 15.3. The molecule has 0 bridgehead atoms. The molecule has 0 aliphatic rings. The number of nitrogens with zero attached hydrogens (tertiary/aromatic N) is 2. The molecule has 0 aromatic carbocycles. The minimum atomic E-state index is -0.686. The monoisotopic (exact) mass is 254 g/mol. The van der Waals surface area contributed by atoms with Gasteiger partial charge >= 0.3 is 0 Å². The Bertz CT molecular complexity index is 450. The molecule has 1 rings (SSSR count). The maximum absolute atomic E-state index is 13.3. The summed E-state index contributed by atoms with van der Waals surface area (Å²) in [5, 5.41) is 13.9. The van der Waals surface area contributed by atoms with Gasteiger partial charge in [0.25, 0.3) is 5.91 Å². The lowest BCUT2D eigenvalue weighted by atomic mass is 10.1. The Morgan fingerprint density at radius 2 is 2.44 bits per heavy atom. The van der Waals surface area contributed by atoms with Crippen molar-refractivity contribution in [3.63, 3.8) is 0 Å². The van der Waals surface area contributed by atoms with Crippen LogP contribution in [0.4, 0.5) is 4.39 Å². The molecule has 0 saturated heterocycles. The molecule has 98 valence electrons. The summed E-state index contributed by atoms with van der Waals surface area (Å²) >= 11 is 0. The van der Waals surface area contributed by atoms with Gasteiger partial charge in [-0.15, -0.1) is 0 Å². The van der Waals surface area contributed by atoms with Gasteiger partial charge in [0.1, 0.15) is 5.84 Å². The van der Waals surface area contributed by atoms with Gasteiger partial charge in [0, 0.05) is 18.7 Å². The van der Waals surface area contributed by atoms with E-state index in [1.165, 1.54) is 12.3 Å². The number of aromatic nitrogens is 1. The van der Waals surface area contributed by atoms with E-state index in [0.717, 1.165) is 6.20 Å². The van der Waals surface area contributed by atoms with E-state index in [0.29, 0.717) is 6.42 Å². The molecule has 0 fully saturated rings. The maximum Gasteiger partial charge on any atom is 0.254 e. The lowest BCUT2D eigenvalue weighted by Crippen LogP contribution is -2.37. The fraction of sp³-hybridized carbons (Fsp3) is 0.364. The Kier molecular flexibility index (Phi) is 5.04. The fourth-order valence-corrected chi connectivity index (χ4v) is 1.41. The summed E-state index contributed by atoms with van der Waals surface area (Å²) in [7, 11) is 0. The second kappa shape index (κ2) is 6.53. The molecule has 1 unspecified atom stereocenters. The van der Waals surface area contributed by atoms with Gasteiger partial charge in [-0.25, -0.2) is 4.39 Å². The summed E-state index contributed by atoms with van der Waals surface area (Å²) < 4.78 is 13.3. The highest BCUT2D eigenvalue weighted by Crippen LogP contribution is 2.06. The molecule has 1 aromatic heterocycles. The second-order valence-electron chi connectivity index (χ2n) is 3.73. The van der Waals surface area contributed by atoms with Crippen molar-refractivity contribution in [3.8, 4) is 0 Å². The number of carbonyl (C=O) groups is 1. The van der Waals surface area contributed by atoms with Crippen LogP contribution in [-0.2, 0) is 0 Å². The normalized spacial score (nSPS) is 13.1. The van der Waals surface area contributed by atoms with Gasteiger partial charge in [-0.3, -0.25) is 9.78 Å². The van der Waals surface area contributed by atoms with E-state index in [9.17, 15) is 9.18 Å². The topological polar surface area (TPSA) is 101 Å². The van der Waals surface area contributed by atoms with E-state index in [4.69, 9.17) is 10.9 Å². The van der Waals surface area contributed by atoms with Gasteiger partial charge in [-0.1, -0.05) is 12.1 Å². The van der Waals surface area contributed by atoms with Crippen LogP contribution < -0.4 is 11.1 Å². The lowest BCUT2D eigenvalue weighted by molar-refractivity contribution is 0.0932. The Hall–Kier alpha value is -2.18. The van der Waals surface area contributed by atoms with Crippen LogP contribution in [-0.4, -0.2) is 28.0 Å². The number of nitrogens with one attached hydrogen (secondary N) is 1. The van der Waals surface area contributed by atoms with Crippen molar-refractivity contribution in [2.45, 2.75) is 25.8 Å². The molecule has 0 spiro atoms. The van der Waals surface area contributed by atoms with Crippen molar-refractivity contribution in [3.05, 3.63) is 29.8 Å². The van der Waals surface area contributed by atoms with Crippen LogP contribution in [0.1, 0.15) is 30.1 Å². The standard InChI is InChI=1S/C11H15FN4O2/c1-2-7(5-10(13)16-18)15-11(17)8-3-4-14-6-9(8)12/h3-4,6-7,18H,2,5H2,1H3,(H2,13,16)(H,15,17). The average molecular weight is 254 g/mol. The number of pyridine rings is 1. The third-order valence-electron chi connectivity index (χ3n) is 2.43. The molecule has 0 saturated carbocycles. The molecule has 7 heteroatoms. The largest absolute Gasteiger partial charge is 0.409 e. The Labute approximate surface area is 104 Å². The highest BCUT2D eigenvalue weighted by molar-refractivity contribution is 5.94. The number of oxime groups is 1. The molecule has 1 atom stereocenters. The summed E-state index contributed by atoms with van der Waals surface area (Å²) in [5.74, 6) is -1.22. The summed E-state index contributed by atoms with van der Waals surface area (Å²) in [6, 6.07) is 0.974. The second-order valence-corrected chi connectivity index (χ2v) is 3.73. The SMILES string of the molecule is CCC(CC(N)=NO)NC(=O)c1ccncc1F. The van der Waals surface area contributed by atoms with Crippen LogP contribution in [0.3, 0.4) is 0 Å². The number of halogens is 1. The number of hydrogen-bond donors (Lipinski definition) is 3. The Morgan fingerprint density at radius 1 is 1.72 bits per heavy atom. The van der Waals surface area contributed by atoms with Crippen molar-refractivity contribution in [1.29, 1.82) is 0 Å². The van der Waals surface area contributed by atoms with E-state index in [2.05, 4.69) is 15.5 Å². The first-order valence-electron chi connectivity index (χ1n) is 5.45. The molecule has 1 heterocycles. The molecule has 6 nitrogen and oxygen atoms in total. The number of amides is 1. The first-order chi connectivity index (χ1) is 8.58. The molecular weight excluding hydrogens is 239 g/mol. The zero-order chi connectivity index (χ0) is 13.5. The van der Waals surface area contributed by atoms with Gasteiger partial charge in [0.15, 0.2) is 5.82 Å². The first-order valence-corrected chi connectivity index (χ1v) is 5.45. The molecule has 0 aliphatic carbocycles. The Morgan fingerprint density at radius 3 is 3.00 bits per heavy atom. The van der Waals surface area contributed by atoms with Crippen LogP contribution in [0, 0.1) is 5.82 Å². The molecule has 4 N–H and O–H groups in total. The highest BCUT2D eigenvalue weighted by atomic mass is 19.1. The molecule has 0 aliphatic heterocycles. The van der Waals surface area contributed by atoms with E-state index < -0.39 is 11.7 Å². The summed E-state index contributed by atoms with van der Waals surface area (Å²) in [6.45, 7) is 1.83. The van der Waals surface area contributed by atoms with Gasteiger partial charge in [-0.05, 0) is 12.5 Å². The predicted octanol–water partition coefficient (Wildman–Crippen LogP) is 0.866. The highest BCUT2D eigenvalue weighted by Gasteiger charge is 2.16. The Balaban J connectivity index is 2.71. The molecule has 18 heavy (non-hydrogen) atoms. The van der Waals surface area contributed by atoms with Crippen molar-refractivity contribution in [2.24, 2.45) is 10.9 Å². The van der Waals surface area contributed by atoms with E-state index in [1.54, 1.807) is 0 Å². The molecule has 1 aromatic rings. The summed E-state index contributed by atoms with van der Waals surface area (Å²) in [5.41, 5.74) is 5.28. The van der Waals surface area contributed by atoms with Crippen molar-refractivity contribution < 1.29 is 14.4 Å². The maximum atomic E-state index is 13.3. The lowest BCUT2D eigenvalue weighted by Gasteiger charge is -2.16. The van der Waals surface area contributed by atoms with Gasteiger partial charge < -0.3 is 16.3 Å². The van der Waals surface area contributed by atoms with E-state index >= 15 is 0 Å². The van der Waals surface area contributed by atoms with E-state index in [-0.39, 0.29) is 23.9 Å². The molecule has 1 amide bonds. The molecule has 0 radical (unpaired) electrons. The predicted molar refractivity (Wildman–Crippen MR) is 63.8 cm³/mol. The fourth-order valence-electron chi connectivity index (χ4n) is 1.41. The number of amidine groups is 1. The number of hydrogen-bond acceptors (Lipinski definition) is 4. The number of rotatable bonds is 5. The van der Waals surface area contributed by atoms with Crippen LogP contribution in [0.25, 0.3) is 0 Å². The number of nitrogens with two attached hydrogens (primary N) is 1. The smallest absolute Gasteiger partial charge is 0.254 e. The first kappa shape index (κ1) is 13.9. The van der Waals surface area contributed by atoms with Crippen LogP contribution >= 0.6 is 0 Å². The van der Waals surface area contributed by atoms with Gasteiger partial charge in [0.05, 0.1) is 11.8 Å². The van der Waals surface area contributed by atoms with Crippen LogP contribution in [0.5, 0.6) is 0 Å². The molecular formula is C11H15FN4O2. The minimum absolute atomic E-state index is 0.0114. The van der Waals surface area contributed by atoms with Crippen molar-refractivity contribution >= 4 is 11.7 Å². The minimum Gasteiger partial charge on any atom is -0.409 e. The quantitative estimate of drug-likeness (QED) is 0.314.